The second kappa shape index (κ2) is 9.27. The van der Waals surface area contributed by atoms with Crippen LogP contribution < -0.4 is 10.1 Å². The molecule has 2 unspecified atom stereocenters. The Bertz CT molecular complexity index is 578. The Kier molecular flexibility index (Phi) is 6.78. The van der Waals surface area contributed by atoms with Crippen LogP contribution in [0.25, 0.3) is 0 Å². The molecule has 25 heavy (non-hydrogen) atoms. The number of morpholine rings is 1. The van der Waals surface area contributed by atoms with Crippen LogP contribution in [-0.4, -0.2) is 69.6 Å². The van der Waals surface area contributed by atoms with E-state index in [0.717, 1.165) is 44.2 Å². The van der Waals surface area contributed by atoms with E-state index in [1.807, 2.05) is 24.3 Å². The lowest BCUT2D eigenvalue weighted by molar-refractivity contribution is -0.0817. The van der Waals surface area contributed by atoms with Crippen LogP contribution in [0, 0.1) is 0 Å². The first-order chi connectivity index (χ1) is 12.3. The van der Waals surface area contributed by atoms with E-state index in [1.54, 1.807) is 7.05 Å². The van der Waals surface area contributed by atoms with Crippen molar-refractivity contribution in [3.05, 3.63) is 29.3 Å². The van der Waals surface area contributed by atoms with Gasteiger partial charge in [-0.05, 0) is 31.0 Å². The van der Waals surface area contributed by atoms with Crippen molar-refractivity contribution in [3.63, 3.8) is 0 Å². The van der Waals surface area contributed by atoms with E-state index in [0.29, 0.717) is 24.8 Å². The molecule has 0 saturated carbocycles. The SMILES string of the molecule is CN=C(NCCOc1cccc(Cl)c1)N1CCOC(C2CCCO2)C1. The molecule has 2 aliphatic rings. The fourth-order valence-electron chi connectivity index (χ4n) is 3.21. The second-order valence-electron chi connectivity index (χ2n) is 6.19. The van der Waals surface area contributed by atoms with Gasteiger partial charge in [-0.1, -0.05) is 17.7 Å². The molecule has 2 heterocycles. The lowest BCUT2D eigenvalue weighted by Gasteiger charge is -2.37. The van der Waals surface area contributed by atoms with Gasteiger partial charge in [0.05, 0.1) is 19.3 Å². The maximum Gasteiger partial charge on any atom is 0.193 e. The number of benzene rings is 1. The fourth-order valence-corrected chi connectivity index (χ4v) is 3.39. The average Bonchev–Trinajstić information content (AvgIpc) is 3.17. The molecule has 7 heteroatoms. The van der Waals surface area contributed by atoms with Crippen molar-refractivity contribution in [2.75, 3.05) is 46.5 Å². The van der Waals surface area contributed by atoms with Crippen molar-refractivity contribution in [2.24, 2.45) is 4.99 Å². The molecule has 0 aromatic heterocycles. The lowest BCUT2D eigenvalue weighted by Crippen LogP contribution is -2.53. The third-order valence-corrected chi connectivity index (χ3v) is 4.67. The van der Waals surface area contributed by atoms with Crippen LogP contribution in [0.5, 0.6) is 5.75 Å². The number of aliphatic imine (C=N–C) groups is 1. The first-order valence-corrected chi connectivity index (χ1v) is 9.21. The highest BCUT2D eigenvalue weighted by Crippen LogP contribution is 2.21. The highest BCUT2D eigenvalue weighted by Gasteiger charge is 2.32. The normalized spacial score (nSPS) is 24.4. The summed E-state index contributed by atoms with van der Waals surface area (Å²) in [5, 5.41) is 4.03. The molecule has 1 N–H and O–H groups in total. The Morgan fingerprint density at radius 1 is 1.36 bits per heavy atom. The molecule has 0 bridgehead atoms. The first-order valence-electron chi connectivity index (χ1n) is 8.83. The molecule has 1 aromatic carbocycles. The Labute approximate surface area is 154 Å². The minimum atomic E-state index is 0.123. The zero-order valence-corrected chi connectivity index (χ0v) is 15.4. The standard InChI is InChI=1S/C18H26ClN3O3/c1-20-18(21-7-10-23-15-5-2-4-14(19)12-15)22-8-11-25-17(13-22)16-6-3-9-24-16/h2,4-5,12,16-17H,3,6-11,13H2,1H3,(H,20,21). The average molecular weight is 368 g/mol. The largest absolute Gasteiger partial charge is 0.492 e. The van der Waals surface area contributed by atoms with Crippen molar-refractivity contribution in [3.8, 4) is 5.75 Å². The minimum absolute atomic E-state index is 0.123. The molecular formula is C18H26ClN3O3. The maximum atomic E-state index is 5.96. The van der Waals surface area contributed by atoms with Crippen molar-refractivity contribution in [2.45, 2.75) is 25.0 Å². The highest BCUT2D eigenvalue weighted by molar-refractivity contribution is 6.30. The third kappa shape index (κ3) is 5.23. The molecule has 0 aliphatic carbocycles. The van der Waals surface area contributed by atoms with Gasteiger partial charge in [-0.2, -0.15) is 0 Å². The summed E-state index contributed by atoms with van der Waals surface area (Å²) in [6.07, 6.45) is 2.54. The molecule has 0 radical (unpaired) electrons. The predicted molar refractivity (Wildman–Crippen MR) is 98.6 cm³/mol. The van der Waals surface area contributed by atoms with E-state index in [-0.39, 0.29) is 12.2 Å². The Hall–Kier alpha value is -1.50. The highest BCUT2D eigenvalue weighted by atomic mass is 35.5. The molecule has 3 rings (SSSR count). The van der Waals surface area contributed by atoms with E-state index < -0.39 is 0 Å². The van der Waals surface area contributed by atoms with E-state index in [2.05, 4.69) is 15.2 Å². The fraction of sp³-hybridized carbons (Fsp3) is 0.611. The van der Waals surface area contributed by atoms with Crippen molar-refractivity contribution in [1.29, 1.82) is 0 Å². The minimum Gasteiger partial charge on any atom is -0.492 e. The summed E-state index contributed by atoms with van der Waals surface area (Å²) in [4.78, 5) is 6.62. The van der Waals surface area contributed by atoms with E-state index in [4.69, 9.17) is 25.8 Å². The van der Waals surface area contributed by atoms with Gasteiger partial charge in [0.15, 0.2) is 5.96 Å². The van der Waals surface area contributed by atoms with Gasteiger partial charge < -0.3 is 24.4 Å². The molecule has 6 nitrogen and oxygen atoms in total. The number of guanidine groups is 1. The quantitative estimate of drug-likeness (QED) is 0.491. The van der Waals surface area contributed by atoms with E-state index >= 15 is 0 Å². The molecule has 0 spiro atoms. The summed E-state index contributed by atoms with van der Waals surface area (Å²) in [5.74, 6) is 1.65. The summed E-state index contributed by atoms with van der Waals surface area (Å²) >= 11 is 5.96. The van der Waals surface area contributed by atoms with Gasteiger partial charge in [-0.25, -0.2) is 0 Å². The maximum absolute atomic E-state index is 5.96. The molecular weight excluding hydrogens is 342 g/mol. The van der Waals surface area contributed by atoms with Gasteiger partial charge in [-0.15, -0.1) is 0 Å². The van der Waals surface area contributed by atoms with Gasteiger partial charge in [0, 0.05) is 31.8 Å². The number of nitrogens with zero attached hydrogens (tertiary/aromatic N) is 2. The monoisotopic (exact) mass is 367 g/mol. The summed E-state index contributed by atoms with van der Waals surface area (Å²) < 4.78 is 17.4. The smallest absolute Gasteiger partial charge is 0.193 e. The van der Waals surface area contributed by atoms with Crippen LogP contribution in [0.15, 0.2) is 29.3 Å². The summed E-state index contributed by atoms with van der Waals surface area (Å²) in [5.41, 5.74) is 0. The lowest BCUT2D eigenvalue weighted by atomic mass is 10.1. The molecule has 138 valence electrons. The van der Waals surface area contributed by atoms with Crippen LogP contribution in [-0.2, 0) is 9.47 Å². The zero-order chi connectivity index (χ0) is 17.5. The van der Waals surface area contributed by atoms with Crippen LogP contribution in [0.1, 0.15) is 12.8 Å². The topological polar surface area (TPSA) is 55.3 Å². The number of hydrogen-bond donors (Lipinski definition) is 1. The molecule has 2 aliphatic heterocycles. The van der Waals surface area contributed by atoms with Crippen molar-refractivity contribution in [1.82, 2.24) is 10.2 Å². The molecule has 2 fully saturated rings. The van der Waals surface area contributed by atoms with Gasteiger partial charge in [0.2, 0.25) is 0 Å². The Morgan fingerprint density at radius 2 is 2.24 bits per heavy atom. The van der Waals surface area contributed by atoms with Gasteiger partial charge in [0.1, 0.15) is 18.5 Å². The molecule has 2 saturated heterocycles. The Balaban J connectivity index is 1.44. The van der Waals surface area contributed by atoms with E-state index in [1.165, 1.54) is 0 Å². The number of nitrogens with one attached hydrogen (secondary N) is 1. The molecule has 2 atom stereocenters. The second-order valence-corrected chi connectivity index (χ2v) is 6.62. The number of ether oxygens (including phenoxy) is 3. The first kappa shape index (κ1) is 18.3. The van der Waals surface area contributed by atoms with Crippen LogP contribution in [0.2, 0.25) is 5.02 Å². The number of halogens is 1. The number of rotatable bonds is 5. The van der Waals surface area contributed by atoms with Gasteiger partial charge in [-0.3, -0.25) is 4.99 Å². The van der Waals surface area contributed by atoms with Crippen molar-refractivity contribution < 1.29 is 14.2 Å². The van der Waals surface area contributed by atoms with Crippen LogP contribution >= 0.6 is 11.6 Å². The van der Waals surface area contributed by atoms with Crippen molar-refractivity contribution >= 4 is 17.6 Å². The van der Waals surface area contributed by atoms with Gasteiger partial charge >= 0.3 is 0 Å². The summed E-state index contributed by atoms with van der Waals surface area (Å²) in [7, 11) is 1.80. The van der Waals surface area contributed by atoms with Crippen LogP contribution in [0.4, 0.5) is 0 Å². The number of hydrogen-bond acceptors (Lipinski definition) is 4. The van der Waals surface area contributed by atoms with Crippen LogP contribution in [0.3, 0.4) is 0 Å². The summed E-state index contributed by atoms with van der Waals surface area (Å²) in [6, 6.07) is 7.42. The summed E-state index contributed by atoms with van der Waals surface area (Å²) in [6.45, 7) is 4.39. The third-order valence-electron chi connectivity index (χ3n) is 4.43. The van der Waals surface area contributed by atoms with E-state index in [9.17, 15) is 0 Å². The zero-order valence-electron chi connectivity index (χ0n) is 14.6. The van der Waals surface area contributed by atoms with Gasteiger partial charge in [0.25, 0.3) is 0 Å². The Morgan fingerprint density at radius 3 is 3.00 bits per heavy atom. The predicted octanol–water partition coefficient (Wildman–Crippen LogP) is 2.17. The molecule has 0 amide bonds. The molecule has 1 aromatic rings.